The zero-order chi connectivity index (χ0) is 24.9. The van der Waals surface area contributed by atoms with Gasteiger partial charge in [-0.05, 0) is 58.4 Å². The van der Waals surface area contributed by atoms with Gasteiger partial charge in [-0.25, -0.2) is 0 Å². The molecule has 0 fully saturated rings. The van der Waals surface area contributed by atoms with E-state index >= 15 is 0 Å². The van der Waals surface area contributed by atoms with Crippen LogP contribution in [-0.4, -0.2) is 6.71 Å². The van der Waals surface area contributed by atoms with Gasteiger partial charge in [0.15, 0.2) is 0 Å². The van der Waals surface area contributed by atoms with Gasteiger partial charge < -0.3 is 6.15 Å². The summed E-state index contributed by atoms with van der Waals surface area (Å²) in [6.07, 6.45) is 5.22. The molecule has 0 spiro atoms. The van der Waals surface area contributed by atoms with E-state index in [1.54, 1.807) is 11.1 Å². The third-order valence-corrected chi connectivity index (χ3v) is 7.66. The van der Waals surface area contributed by atoms with Crippen molar-refractivity contribution in [2.24, 2.45) is 0 Å². The Kier molecular flexibility index (Phi) is 8.02. The molecule has 1 aliphatic carbocycles. The molecule has 0 aliphatic heterocycles. The van der Waals surface area contributed by atoms with E-state index in [1.807, 2.05) is 0 Å². The van der Waals surface area contributed by atoms with Crippen molar-refractivity contribution in [2.45, 2.75) is 25.7 Å². The van der Waals surface area contributed by atoms with Gasteiger partial charge in [-0.2, -0.15) is 0 Å². The molecule has 7 rings (SSSR count). The molecule has 0 bridgehead atoms. The van der Waals surface area contributed by atoms with Crippen LogP contribution in [-0.2, 0) is 12.8 Å². The highest BCUT2D eigenvalue weighted by molar-refractivity contribution is 6.95. The van der Waals surface area contributed by atoms with Crippen LogP contribution in [0.15, 0.2) is 140 Å². The average Bonchev–Trinajstić information content (AvgIpc) is 2.99. The van der Waals surface area contributed by atoms with Gasteiger partial charge in [-0.3, -0.25) is 0 Å². The highest BCUT2D eigenvalue weighted by atomic mass is 14.2. The van der Waals surface area contributed by atoms with E-state index in [0.717, 1.165) is 0 Å². The summed E-state index contributed by atoms with van der Waals surface area (Å²) in [4.78, 5) is 0. The Morgan fingerprint density at radius 1 is 0.395 bits per heavy atom. The first-order valence-corrected chi connectivity index (χ1v) is 13.5. The van der Waals surface area contributed by atoms with Gasteiger partial charge in [0, 0.05) is 0 Å². The maximum atomic E-state index is 2.35. The van der Waals surface area contributed by atoms with Crippen molar-refractivity contribution in [1.82, 2.24) is 6.15 Å². The summed E-state index contributed by atoms with van der Waals surface area (Å²) >= 11 is 0. The lowest BCUT2D eigenvalue weighted by Gasteiger charge is -2.18. The van der Waals surface area contributed by atoms with Crippen molar-refractivity contribution in [3.8, 4) is 0 Å². The molecular formula is C36H34BN. The molecule has 0 radical (unpaired) electrons. The molecule has 0 saturated heterocycles. The van der Waals surface area contributed by atoms with Crippen LogP contribution < -0.4 is 22.5 Å². The third-order valence-electron chi connectivity index (χ3n) is 7.66. The van der Waals surface area contributed by atoms with E-state index < -0.39 is 0 Å². The van der Waals surface area contributed by atoms with E-state index in [4.69, 9.17) is 0 Å². The maximum Gasteiger partial charge on any atom is 0.241 e. The predicted molar refractivity (Wildman–Crippen MR) is 167 cm³/mol. The summed E-state index contributed by atoms with van der Waals surface area (Å²) in [6.45, 7) is 0.309. The van der Waals surface area contributed by atoms with Crippen LogP contribution in [0.3, 0.4) is 0 Å². The Morgan fingerprint density at radius 2 is 0.895 bits per heavy atom. The number of benzene rings is 6. The highest BCUT2D eigenvalue weighted by Gasteiger charge is 2.20. The summed E-state index contributed by atoms with van der Waals surface area (Å²) in [6, 6.07) is 50.0. The van der Waals surface area contributed by atoms with Crippen LogP contribution in [0.2, 0.25) is 0 Å². The standard InChI is InChI=1S/C18H15B.C18H16.H3N/c1-4-10-16(11-5-1)19(17-12-6-2-7-13-17)18-14-8-3-9-15-18;1-3-7-15-13(5-1)9-11-18-16-8-4-2-6-14(16)10-12-17(15)18;/h1-15H;1,3,5,7,9-12H,2,4,6,8H2;1H3. The Bertz CT molecular complexity index is 1520. The van der Waals surface area contributed by atoms with E-state index in [9.17, 15) is 0 Å². The fraction of sp³-hybridized carbons (Fsp3) is 0.111. The minimum absolute atomic E-state index is 0. The maximum absolute atomic E-state index is 2.35. The van der Waals surface area contributed by atoms with Gasteiger partial charge >= 0.3 is 0 Å². The first kappa shape index (κ1) is 25.5. The molecular weight excluding hydrogens is 457 g/mol. The smallest absolute Gasteiger partial charge is 0.241 e. The zero-order valence-electron chi connectivity index (χ0n) is 21.9. The van der Waals surface area contributed by atoms with E-state index in [1.165, 1.54) is 63.6 Å². The molecule has 0 amide bonds. The van der Waals surface area contributed by atoms with Crippen LogP contribution in [0.25, 0.3) is 21.5 Å². The summed E-state index contributed by atoms with van der Waals surface area (Å²) in [5.41, 5.74) is 7.17. The van der Waals surface area contributed by atoms with Gasteiger partial charge in [0.2, 0.25) is 6.71 Å². The number of fused-ring (bicyclic) bond motifs is 5. The zero-order valence-corrected chi connectivity index (χ0v) is 21.9. The lowest BCUT2D eigenvalue weighted by Crippen LogP contribution is -2.51. The molecule has 2 heteroatoms. The largest absolute Gasteiger partial charge is 0.344 e. The Morgan fingerprint density at radius 3 is 1.50 bits per heavy atom. The van der Waals surface area contributed by atoms with Crippen molar-refractivity contribution < 1.29 is 0 Å². The van der Waals surface area contributed by atoms with E-state index in [0.29, 0.717) is 6.71 Å². The molecule has 0 unspecified atom stereocenters. The molecule has 0 aromatic heterocycles. The number of hydrogen-bond donors (Lipinski definition) is 1. The quantitative estimate of drug-likeness (QED) is 0.206. The van der Waals surface area contributed by atoms with E-state index in [2.05, 4.69) is 140 Å². The normalized spacial score (nSPS) is 12.1. The van der Waals surface area contributed by atoms with Crippen LogP contribution in [0, 0.1) is 0 Å². The lowest BCUT2D eigenvalue weighted by atomic mass is 9.37. The van der Waals surface area contributed by atoms with Crippen LogP contribution in [0.5, 0.6) is 0 Å². The van der Waals surface area contributed by atoms with Crippen molar-refractivity contribution in [3.05, 3.63) is 151 Å². The molecule has 6 aromatic carbocycles. The van der Waals surface area contributed by atoms with Crippen molar-refractivity contribution in [3.63, 3.8) is 0 Å². The molecule has 1 nitrogen and oxygen atoms in total. The van der Waals surface area contributed by atoms with Crippen LogP contribution >= 0.6 is 0 Å². The second-order valence-electron chi connectivity index (χ2n) is 9.96. The first-order valence-electron chi connectivity index (χ1n) is 13.5. The van der Waals surface area contributed by atoms with Crippen LogP contribution in [0.4, 0.5) is 0 Å². The summed E-state index contributed by atoms with van der Waals surface area (Å²) in [5.74, 6) is 0. The minimum Gasteiger partial charge on any atom is -0.344 e. The molecule has 1 aliphatic rings. The van der Waals surface area contributed by atoms with Gasteiger partial charge in [-0.15, -0.1) is 0 Å². The first-order chi connectivity index (χ1) is 18.4. The van der Waals surface area contributed by atoms with Crippen molar-refractivity contribution in [2.75, 3.05) is 0 Å². The molecule has 0 heterocycles. The number of hydrogen-bond acceptors (Lipinski definition) is 1. The fourth-order valence-electron chi connectivity index (χ4n) is 5.86. The number of aryl methyl sites for hydroxylation is 2. The Hall–Kier alpha value is -4.14. The highest BCUT2D eigenvalue weighted by Crippen LogP contribution is 2.33. The fourth-order valence-corrected chi connectivity index (χ4v) is 5.86. The van der Waals surface area contributed by atoms with Gasteiger partial charge in [0.25, 0.3) is 0 Å². The topological polar surface area (TPSA) is 35.0 Å². The Labute approximate surface area is 226 Å². The molecule has 3 N–H and O–H groups in total. The van der Waals surface area contributed by atoms with Gasteiger partial charge in [0.05, 0.1) is 0 Å². The second kappa shape index (κ2) is 11.9. The molecule has 0 saturated carbocycles. The SMILES string of the molecule is N.c1ccc(B(c2ccccc2)c2ccccc2)cc1.c1ccc2c(c1)ccc1c3c(ccc12)CCCC3. The van der Waals surface area contributed by atoms with Gasteiger partial charge in [0.1, 0.15) is 0 Å². The Balaban J connectivity index is 0.000000151. The number of rotatable bonds is 3. The van der Waals surface area contributed by atoms with Crippen LogP contribution in [0.1, 0.15) is 24.0 Å². The monoisotopic (exact) mass is 491 g/mol. The second-order valence-corrected chi connectivity index (χ2v) is 9.96. The average molecular weight is 491 g/mol. The summed E-state index contributed by atoms with van der Waals surface area (Å²) in [7, 11) is 0. The van der Waals surface area contributed by atoms with Crippen molar-refractivity contribution >= 4 is 44.6 Å². The molecule has 6 aromatic rings. The summed E-state index contributed by atoms with van der Waals surface area (Å²) < 4.78 is 0. The predicted octanol–water partition coefficient (Wildman–Crippen LogP) is 7.24. The molecule has 186 valence electrons. The minimum atomic E-state index is 0. The molecule has 38 heavy (non-hydrogen) atoms. The van der Waals surface area contributed by atoms with E-state index in [-0.39, 0.29) is 6.15 Å². The third kappa shape index (κ3) is 5.27. The summed E-state index contributed by atoms with van der Waals surface area (Å²) in [5, 5.41) is 5.64. The molecule has 0 atom stereocenters. The lowest BCUT2D eigenvalue weighted by molar-refractivity contribution is 0.690. The van der Waals surface area contributed by atoms with Gasteiger partial charge in [-0.1, -0.05) is 156 Å². The van der Waals surface area contributed by atoms with Crippen molar-refractivity contribution in [1.29, 1.82) is 0 Å².